The van der Waals surface area contributed by atoms with E-state index in [2.05, 4.69) is 133 Å². The Labute approximate surface area is 295 Å². The van der Waals surface area contributed by atoms with Gasteiger partial charge in [-0.25, -0.2) is 9.97 Å². The zero-order chi connectivity index (χ0) is 33.7. The summed E-state index contributed by atoms with van der Waals surface area (Å²) in [6, 6.07) is 63.9. The van der Waals surface area contributed by atoms with Crippen molar-refractivity contribution < 1.29 is 4.42 Å². The Morgan fingerprint density at radius 1 is 0.353 bits per heavy atom. The second kappa shape index (κ2) is 11.9. The first kappa shape index (κ1) is 29.1. The molecule has 0 amide bonds. The van der Waals surface area contributed by atoms with E-state index in [0.717, 1.165) is 61.1 Å². The smallest absolute Gasteiger partial charge is 0.160 e. The van der Waals surface area contributed by atoms with Gasteiger partial charge in [0.1, 0.15) is 11.2 Å². The van der Waals surface area contributed by atoms with Crippen LogP contribution in [0.1, 0.15) is 0 Å². The maximum Gasteiger partial charge on any atom is 0.160 e. The van der Waals surface area contributed by atoms with Gasteiger partial charge < -0.3 is 4.42 Å². The van der Waals surface area contributed by atoms with Crippen molar-refractivity contribution in [2.75, 3.05) is 0 Å². The Kier molecular flexibility index (Phi) is 6.81. The first-order valence-electron chi connectivity index (χ1n) is 17.2. The van der Waals surface area contributed by atoms with Crippen molar-refractivity contribution in [3.05, 3.63) is 182 Å². The molecule has 0 atom stereocenters. The van der Waals surface area contributed by atoms with Crippen LogP contribution in [-0.2, 0) is 0 Å². The number of para-hydroxylation sites is 1. The molecule has 238 valence electrons. The molecule has 3 heteroatoms. The number of hydrogen-bond acceptors (Lipinski definition) is 3. The zero-order valence-electron chi connectivity index (χ0n) is 27.6. The van der Waals surface area contributed by atoms with Crippen molar-refractivity contribution in [2.24, 2.45) is 0 Å². The fourth-order valence-electron chi connectivity index (χ4n) is 7.36. The monoisotopic (exact) mass is 650 g/mol. The van der Waals surface area contributed by atoms with Crippen LogP contribution in [0.2, 0.25) is 0 Å². The van der Waals surface area contributed by atoms with Gasteiger partial charge in [0.05, 0.1) is 17.0 Å². The first-order chi connectivity index (χ1) is 25.3. The fourth-order valence-corrected chi connectivity index (χ4v) is 7.36. The van der Waals surface area contributed by atoms with E-state index in [1.165, 1.54) is 32.7 Å². The largest absolute Gasteiger partial charge is 0.455 e. The lowest BCUT2D eigenvalue weighted by molar-refractivity contribution is 0.670. The van der Waals surface area contributed by atoms with Gasteiger partial charge >= 0.3 is 0 Å². The van der Waals surface area contributed by atoms with Gasteiger partial charge in [-0.05, 0) is 68.1 Å². The standard InChI is InChI=1S/C48H30N2O/c1-3-12-35(13-4-1)43-30-44(50-48(49-43)36-14-5-2-6-15-36)46-39(27-28-41-40-17-9-10-18-45(40)51-47(41)46)33-21-19-31(20-22-33)37-26-25-34-24-23-32-11-7-8-16-38(32)42(34)29-37/h1-30H. The van der Waals surface area contributed by atoms with E-state index in [-0.39, 0.29) is 0 Å². The van der Waals surface area contributed by atoms with Crippen molar-refractivity contribution in [1.82, 2.24) is 9.97 Å². The predicted octanol–water partition coefficient (Wildman–Crippen LogP) is 13.0. The molecule has 0 spiro atoms. The molecule has 0 fully saturated rings. The molecule has 0 saturated carbocycles. The van der Waals surface area contributed by atoms with Crippen molar-refractivity contribution in [3.63, 3.8) is 0 Å². The molecule has 0 N–H and O–H groups in total. The van der Waals surface area contributed by atoms with E-state index in [4.69, 9.17) is 14.4 Å². The van der Waals surface area contributed by atoms with Gasteiger partial charge in [0.25, 0.3) is 0 Å². The maximum atomic E-state index is 6.70. The van der Waals surface area contributed by atoms with E-state index < -0.39 is 0 Å². The highest BCUT2D eigenvalue weighted by atomic mass is 16.3. The number of furan rings is 1. The minimum atomic E-state index is 0.671. The van der Waals surface area contributed by atoms with Crippen LogP contribution in [0.25, 0.3) is 99.6 Å². The summed E-state index contributed by atoms with van der Waals surface area (Å²) < 4.78 is 6.70. The molecule has 0 aliphatic heterocycles. The first-order valence-corrected chi connectivity index (χ1v) is 17.2. The molecule has 0 radical (unpaired) electrons. The van der Waals surface area contributed by atoms with Gasteiger partial charge in [0.15, 0.2) is 5.82 Å². The molecule has 3 nitrogen and oxygen atoms in total. The Hall–Kier alpha value is -6.84. The quantitative estimate of drug-likeness (QED) is 0.174. The van der Waals surface area contributed by atoms with Crippen LogP contribution in [0.3, 0.4) is 0 Å². The van der Waals surface area contributed by atoms with Crippen LogP contribution >= 0.6 is 0 Å². The lowest BCUT2D eigenvalue weighted by atomic mass is 9.92. The molecule has 0 bridgehead atoms. The molecule has 0 aliphatic rings. The third-order valence-corrected chi connectivity index (χ3v) is 9.91. The third kappa shape index (κ3) is 5.06. The number of nitrogens with zero attached hydrogens (tertiary/aromatic N) is 2. The molecule has 0 aliphatic carbocycles. The van der Waals surface area contributed by atoms with Gasteiger partial charge in [-0.3, -0.25) is 0 Å². The second-order valence-corrected chi connectivity index (χ2v) is 13.0. The number of hydrogen-bond donors (Lipinski definition) is 0. The lowest BCUT2D eigenvalue weighted by Crippen LogP contribution is -1.97. The van der Waals surface area contributed by atoms with E-state index >= 15 is 0 Å². The number of benzene rings is 8. The highest BCUT2D eigenvalue weighted by molar-refractivity contribution is 6.13. The van der Waals surface area contributed by atoms with E-state index in [1.807, 2.05) is 48.5 Å². The Balaban J connectivity index is 1.17. The molecule has 0 saturated heterocycles. The van der Waals surface area contributed by atoms with Gasteiger partial charge in [0.2, 0.25) is 0 Å². The van der Waals surface area contributed by atoms with Crippen molar-refractivity contribution in [2.45, 2.75) is 0 Å². The van der Waals surface area contributed by atoms with Gasteiger partial charge in [-0.2, -0.15) is 0 Å². The molecular weight excluding hydrogens is 621 g/mol. The average Bonchev–Trinajstić information content (AvgIpc) is 3.59. The molecule has 51 heavy (non-hydrogen) atoms. The summed E-state index contributed by atoms with van der Waals surface area (Å²) in [7, 11) is 0. The third-order valence-electron chi connectivity index (χ3n) is 9.91. The van der Waals surface area contributed by atoms with Crippen LogP contribution in [0.5, 0.6) is 0 Å². The minimum Gasteiger partial charge on any atom is -0.455 e. The van der Waals surface area contributed by atoms with Crippen LogP contribution in [0.15, 0.2) is 186 Å². The topological polar surface area (TPSA) is 38.9 Å². The van der Waals surface area contributed by atoms with Crippen LogP contribution in [0, 0.1) is 0 Å². The predicted molar refractivity (Wildman–Crippen MR) is 212 cm³/mol. The summed E-state index contributed by atoms with van der Waals surface area (Å²) in [6.45, 7) is 0. The van der Waals surface area contributed by atoms with E-state index in [9.17, 15) is 0 Å². The minimum absolute atomic E-state index is 0.671. The molecule has 8 aromatic carbocycles. The molecule has 10 rings (SSSR count). The average molecular weight is 651 g/mol. The van der Waals surface area contributed by atoms with Gasteiger partial charge in [-0.1, -0.05) is 158 Å². The normalized spacial score (nSPS) is 11.5. The van der Waals surface area contributed by atoms with Crippen LogP contribution < -0.4 is 0 Å². The van der Waals surface area contributed by atoms with Gasteiger partial charge in [-0.15, -0.1) is 0 Å². The number of rotatable bonds is 5. The summed E-state index contributed by atoms with van der Waals surface area (Å²) in [4.78, 5) is 10.3. The summed E-state index contributed by atoms with van der Waals surface area (Å²) >= 11 is 0. The number of fused-ring (bicyclic) bond motifs is 6. The highest BCUT2D eigenvalue weighted by Crippen LogP contribution is 2.43. The van der Waals surface area contributed by atoms with Gasteiger partial charge in [0, 0.05) is 21.9 Å². The molecule has 10 aromatic rings. The maximum absolute atomic E-state index is 6.70. The Morgan fingerprint density at radius 3 is 1.76 bits per heavy atom. The fraction of sp³-hybridized carbons (Fsp3) is 0. The van der Waals surface area contributed by atoms with Crippen molar-refractivity contribution in [3.8, 4) is 56.2 Å². The zero-order valence-corrected chi connectivity index (χ0v) is 27.6. The lowest BCUT2D eigenvalue weighted by Gasteiger charge is -2.14. The summed E-state index contributed by atoms with van der Waals surface area (Å²) in [6.07, 6.45) is 0. The van der Waals surface area contributed by atoms with Crippen molar-refractivity contribution >= 4 is 43.5 Å². The number of aromatic nitrogens is 2. The molecular formula is C48H30N2O. The SMILES string of the molecule is c1ccc(-c2cc(-c3c(-c4ccc(-c5ccc6ccc7ccccc7c6c5)cc4)ccc4c3oc3ccccc34)nc(-c3ccccc3)n2)cc1. The highest BCUT2D eigenvalue weighted by Gasteiger charge is 2.21. The second-order valence-electron chi connectivity index (χ2n) is 13.0. The molecule has 2 heterocycles. The summed E-state index contributed by atoms with van der Waals surface area (Å²) in [5.41, 5.74) is 10.8. The van der Waals surface area contributed by atoms with Crippen LogP contribution in [-0.4, -0.2) is 9.97 Å². The molecule has 2 aromatic heterocycles. The van der Waals surface area contributed by atoms with Crippen LogP contribution in [0.4, 0.5) is 0 Å². The molecule has 0 unspecified atom stereocenters. The summed E-state index contributed by atoms with van der Waals surface area (Å²) in [5.74, 6) is 0.671. The van der Waals surface area contributed by atoms with Crippen molar-refractivity contribution in [1.29, 1.82) is 0 Å². The summed E-state index contributed by atoms with van der Waals surface area (Å²) in [5, 5.41) is 7.17. The van der Waals surface area contributed by atoms with E-state index in [1.54, 1.807) is 0 Å². The Morgan fingerprint density at radius 2 is 0.961 bits per heavy atom. The Bertz CT molecular complexity index is 2830. The van der Waals surface area contributed by atoms with E-state index in [0.29, 0.717) is 5.82 Å².